The summed E-state index contributed by atoms with van der Waals surface area (Å²) in [6, 6.07) is 6.38. The molecule has 0 saturated heterocycles. The van der Waals surface area contributed by atoms with Gasteiger partial charge in [-0.15, -0.1) is 0 Å². The van der Waals surface area contributed by atoms with E-state index in [1.807, 2.05) is 0 Å². The summed E-state index contributed by atoms with van der Waals surface area (Å²) < 4.78 is 25.6. The van der Waals surface area contributed by atoms with Gasteiger partial charge in [-0.1, -0.05) is 18.6 Å². The van der Waals surface area contributed by atoms with E-state index in [1.165, 1.54) is 12.1 Å². The van der Waals surface area contributed by atoms with Crippen LogP contribution in [0.4, 0.5) is 8.78 Å². The van der Waals surface area contributed by atoms with Crippen LogP contribution in [0.25, 0.3) is 0 Å². The third kappa shape index (κ3) is 2.46. The quantitative estimate of drug-likeness (QED) is 0.877. The number of rotatable bonds is 3. The number of benzene rings is 1. The molecule has 1 aromatic carbocycles. The molecule has 4 heteroatoms. The van der Waals surface area contributed by atoms with Gasteiger partial charge in [-0.05, 0) is 36.5 Å². The highest BCUT2D eigenvalue weighted by Gasteiger charge is 2.35. The second-order valence-electron chi connectivity index (χ2n) is 4.47. The lowest BCUT2D eigenvalue weighted by atomic mass is 9.88. The SMILES string of the molecule is O=C(O)c1cccc(C2CCCC2C(F)F)c1. The maximum absolute atomic E-state index is 12.8. The van der Waals surface area contributed by atoms with Gasteiger partial charge in [0.2, 0.25) is 6.43 Å². The number of aromatic carboxylic acids is 1. The molecule has 0 heterocycles. The zero-order chi connectivity index (χ0) is 12.4. The molecule has 1 aliphatic rings. The molecule has 2 atom stereocenters. The minimum Gasteiger partial charge on any atom is -0.478 e. The van der Waals surface area contributed by atoms with Crippen LogP contribution in [0.3, 0.4) is 0 Å². The first-order valence-corrected chi connectivity index (χ1v) is 5.71. The Labute approximate surface area is 98.3 Å². The Hall–Kier alpha value is -1.45. The molecule has 0 bridgehead atoms. The summed E-state index contributed by atoms with van der Waals surface area (Å²) in [4.78, 5) is 10.8. The van der Waals surface area contributed by atoms with Crippen molar-refractivity contribution in [3.63, 3.8) is 0 Å². The average Bonchev–Trinajstić information content (AvgIpc) is 2.78. The molecule has 1 aromatic rings. The van der Waals surface area contributed by atoms with Crippen molar-refractivity contribution in [3.05, 3.63) is 35.4 Å². The Balaban J connectivity index is 2.27. The smallest absolute Gasteiger partial charge is 0.335 e. The van der Waals surface area contributed by atoms with Crippen LogP contribution in [0.15, 0.2) is 24.3 Å². The summed E-state index contributed by atoms with van der Waals surface area (Å²) in [5.41, 5.74) is 0.898. The van der Waals surface area contributed by atoms with Crippen LogP contribution >= 0.6 is 0 Å². The molecule has 92 valence electrons. The molecule has 0 amide bonds. The normalized spacial score (nSPS) is 24.2. The molecule has 1 aliphatic carbocycles. The van der Waals surface area contributed by atoms with Crippen LogP contribution in [0, 0.1) is 5.92 Å². The van der Waals surface area contributed by atoms with Crippen molar-refractivity contribution in [2.45, 2.75) is 31.6 Å². The van der Waals surface area contributed by atoms with Crippen LogP contribution < -0.4 is 0 Å². The van der Waals surface area contributed by atoms with Gasteiger partial charge in [-0.25, -0.2) is 13.6 Å². The van der Waals surface area contributed by atoms with Gasteiger partial charge in [0.05, 0.1) is 5.56 Å². The van der Waals surface area contributed by atoms with Crippen LogP contribution in [-0.4, -0.2) is 17.5 Å². The second kappa shape index (κ2) is 4.82. The number of carboxylic acid groups (broad SMARTS) is 1. The van der Waals surface area contributed by atoms with Gasteiger partial charge in [0.1, 0.15) is 0 Å². The lowest BCUT2D eigenvalue weighted by Crippen LogP contribution is -2.15. The zero-order valence-electron chi connectivity index (χ0n) is 9.27. The molecule has 1 fully saturated rings. The van der Waals surface area contributed by atoms with E-state index in [4.69, 9.17) is 5.11 Å². The van der Waals surface area contributed by atoms with Crippen LogP contribution in [0.1, 0.15) is 41.1 Å². The fourth-order valence-electron chi connectivity index (χ4n) is 2.61. The number of alkyl halides is 2. The van der Waals surface area contributed by atoms with E-state index < -0.39 is 18.3 Å². The van der Waals surface area contributed by atoms with E-state index >= 15 is 0 Å². The summed E-state index contributed by atoms with van der Waals surface area (Å²) in [6.07, 6.45) is -0.287. The number of halogens is 2. The maximum Gasteiger partial charge on any atom is 0.335 e. The first-order valence-electron chi connectivity index (χ1n) is 5.71. The molecular weight excluding hydrogens is 226 g/mol. The first-order chi connectivity index (χ1) is 8.09. The molecule has 0 aliphatic heterocycles. The maximum atomic E-state index is 12.8. The largest absolute Gasteiger partial charge is 0.478 e. The van der Waals surface area contributed by atoms with Crippen molar-refractivity contribution in [1.82, 2.24) is 0 Å². The Morgan fingerprint density at radius 1 is 1.35 bits per heavy atom. The Morgan fingerprint density at radius 2 is 2.12 bits per heavy atom. The Bertz CT molecular complexity index is 418. The second-order valence-corrected chi connectivity index (χ2v) is 4.47. The van der Waals surface area contributed by atoms with Gasteiger partial charge in [-0.2, -0.15) is 0 Å². The van der Waals surface area contributed by atoms with Gasteiger partial charge in [0, 0.05) is 5.92 Å². The van der Waals surface area contributed by atoms with E-state index in [0.717, 1.165) is 18.4 Å². The standard InChI is InChI=1S/C13H14F2O2/c14-12(15)11-6-2-5-10(11)8-3-1-4-9(7-8)13(16)17/h1,3-4,7,10-12H,2,5-6H2,(H,16,17). The lowest BCUT2D eigenvalue weighted by Gasteiger charge is -2.19. The van der Waals surface area contributed by atoms with E-state index in [2.05, 4.69) is 0 Å². The highest BCUT2D eigenvalue weighted by atomic mass is 19.3. The molecule has 1 saturated carbocycles. The zero-order valence-corrected chi connectivity index (χ0v) is 9.27. The van der Waals surface area contributed by atoms with Crippen LogP contribution in [0.2, 0.25) is 0 Å². The summed E-state index contributed by atoms with van der Waals surface area (Å²) in [5.74, 6) is -1.84. The van der Waals surface area contributed by atoms with Crippen molar-refractivity contribution in [1.29, 1.82) is 0 Å². The highest BCUT2D eigenvalue weighted by Crippen LogP contribution is 2.42. The van der Waals surface area contributed by atoms with E-state index in [0.29, 0.717) is 6.42 Å². The van der Waals surface area contributed by atoms with Crippen molar-refractivity contribution in [2.24, 2.45) is 5.92 Å². The number of hydrogen-bond acceptors (Lipinski definition) is 1. The van der Waals surface area contributed by atoms with E-state index in [-0.39, 0.29) is 11.5 Å². The molecule has 2 nitrogen and oxygen atoms in total. The monoisotopic (exact) mass is 240 g/mol. The van der Waals surface area contributed by atoms with Gasteiger partial charge >= 0.3 is 5.97 Å². The van der Waals surface area contributed by atoms with Crippen molar-refractivity contribution in [2.75, 3.05) is 0 Å². The molecule has 0 radical (unpaired) electrons. The summed E-state index contributed by atoms with van der Waals surface area (Å²) in [7, 11) is 0. The molecular formula is C13H14F2O2. The van der Waals surface area contributed by atoms with E-state index in [9.17, 15) is 13.6 Å². The summed E-state index contributed by atoms with van der Waals surface area (Å²) >= 11 is 0. The topological polar surface area (TPSA) is 37.3 Å². The van der Waals surface area contributed by atoms with Crippen molar-refractivity contribution < 1.29 is 18.7 Å². The predicted molar refractivity (Wildman–Crippen MR) is 59.5 cm³/mol. The predicted octanol–water partition coefficient (Wildman–Crippen LogP) is 3.53. The van der Waals surface area contributed by atoms with Crippen molar-refractivity contribution in [3.8, 4) is 0 Å². The van der Waals surface area contributed by atoms with Crippen LogP contribution in [-0.2, 0) is 0 Å². The number of carboxylic acids is 1. The van der Waals surface area contributed by atoms with Gasteiger partial charge < -0.3 is 5.11 Å². The number of carbonyl (C=O) groups is 1. The Morgan fingerprint density at radius 3 is 2.76 bits per heavy atom. The van der Waals surface area contributed by atoms with Crippen molar-refractivity contribution >= 4 is 5.97 Å². The summed E-state index contributed by atoms with van der Waals surface area (Å²) in [6.45, 7) is 0. The third-order valence-corrected chi connectivity index (χ3v) is 3.45. The highest BCUT2D eigenvalue weighted by molar-refractivity contribution is 5.87. The molecule has 0 aromatic heterocycles. The molecule has 1 N–H and O–H groups in total. The van der Waals surface area contributed by atoms with Crippen LogP contribution in [0.5, 0.6) is 0 Å². The lowest BCUT2D eigenvalue weighted by molar-refractivity contribution is 0.0696. The molecule has 2 rings (SSSR count). The first kappa shape index (κ1) is 12.0. The molecule has 2 unspecified atom stereocenters. The molecule has 0 spiro atoms. The third-order valence-electron chi connectivity index (χ3n) is 3.45. The summed E-state index contributed by atoms with van der Waals surface area (Å²) in [5, 5.41) is 8.88. The molecule has 17 heavy (non-hydrogen) atoms. The minimum atomic E-state index is -2.32. The average molecular weight is 240 g/mol. The number of hydrogen-bond donors (Lipinski definition) is 1. The minimum absolute atomic E-state index is 0.169. The Kier molecular flexibility index (Phi) is 3.41. The van der Waals surface area contributed by atoms with E-state index in [1.54, 1.807) is 12.1 Å². The fourth-order valence-corrected chi connectivity index (χ4v) is 2.61. The van der Waals surface area contributed by atoms with Gasteiger partial charge in [-0.3, -0.25) is 0 Å². The van der Waals surface area contributed by atoms with Gasteiger partial charge in [0.15, 0.2) is 0 Å². The fraction of sp³-hybridized carbons (Fsp3) is 0.462. The van der Waals surface area contributed by atoms with Gasteiger partial charge in [0.25, 0.3) is 0 Å².